The third kappa shape index (κ3) is 4.75. The number of amides is 1. The molecule has 0 atom stereocenters. The van der Waals surface area contributed by atoms with Crippen LogP contribution in [-0.2, 0) is 17.6 Å². The smallest absolute Gasteiger partial charge is 0.257 e. The maximum Gasteiger partial charge on any atom is 0.257 e. The highest BCUT2D eigenvalue weighted by Gasteiger charge is 2.13. The molecule has 3 rings (SSSR count). The second kappa shape index (κ2) is 8.06. The first-order chi connectivity index (χ1) is 12.1. The highest BCUT2D eigenvalue weighted by atomic mass is 16.5. The van der Waals surface area contributed by atoms with Crippen molar-refractivity contribution >= 4 is 11.6 Å². The molecular formula is C21H26N2O2. The van der Waals surface area contributed by atoms with E-state index in [-0.39, 0.29) is 12.5 Å². The van der Waals surface area contributed by atoms with E-state index in [1.165, 1.54) is 23.2 Å². The van der Waals surface area contributed by atoms with Gasteiger partial charge in [0, 0.05) is 25.8 Å². The zero-order valence-corrected chi connectivity index (χ0v) is 15.0. The highest BCUT2D eigenvalue weighted by Crippen LogP contribution is 2.26. The fraction of sp³-hybridized carbons (Fsp3) is 0.381. The van der Waals surface area contributed by atoms with Gasteiger partial charge in [0.2, 0.25) is 0 Å². The summed E-state index contributed by atoms with van der Waals surface area (Å²) in [6.07, 6.45) is 3.19. The maximum atomic E-state index is 11.9. The van der Waals surface area contributed by atoms with Gasteiger partial charge in [-0.05, 0) is 61.1 Å². The van der Waals surface area contributed by atoms with Gasteiger partial charge in [-0.15, -0.1) is 0 Å². The number of hydrogen-bond donors (Lipinski definition) is 1. The van der Waals surface area contributed by atoms with Crippen molar-refractivity contribution in [3.8, 4) is 5.75 Å². The molecule has 0 spiro atoms. The van der Waals surface area contributed by atoms with Crippen molar-refractivity contribution in [1.82, 2.24) is 5.32 Å². The number of nitrogens with zero attached hydrogens (tertiary/aromatic N) is 1. The quantitative estimate of drug-likeness (QED) is 0.880. The molecule has 132 valence electrons. The molecular weight excluding hydrogens is 312 g/mol. The molecule has 0 saturated carbocycles. The molecule has 1 amide bonds. The van der Waals surface area contributed by atoms with Crippen LogP contribution in [0.15, 0.2) is 42.5 Å². The number of carbonyl (C=O) groups is 1. The summed E-state index contributed by atoms with van der Waals surface area (Å²) in [7, 11) is 2.14. The topological polar surface area (TPSA) is 41.6 Å². The summed E-state index contributed by atoms with van der Waals surface area (Å²) in [5.41, 5.74) is 5.15. The first-order valence-corrected chi connectivity index (χ1v) is 8.91. The predicted octanol–water partition coefficient (Wildman–Crippen LogP) is 3.12. The molecule has 0 aliphatic carbocycles. The Kier molecular flexibility index (Phi) is 5.59. The Hall–Kier alpha value is -2.49. The van der Waals surface area contributed by atoms with Crippen LogP contribution in [0.25, 0.3) is 0 Å². The molecule has 0 unspecified atom stereocenters. The number of aryl methyl sites for hydroxylation is 2. The minimum atomic E-state index is -0.0841. The molecule has 4 nitrogen and oxygen atoms in total. The zero-order chi connectivity index (χ0) is 17.6. The average Bonchev–Trinajstić information content (AvgIpc) is 2.60. The van der Waals surface area contributed by atoms with Crippen LogP contribution in [0.2, 0.25) is 0 Å². The van der Waals surface area contributed by atoms with Crippen LogP contribution in [0.5, 0.6) is 5.75 Å². The molecule has 0 aromatic heterocycles. The van der Waals surface area contributed by atoms with Crippen LogP contribution in [0.4, 0.5) is 5.69 Å². The van der Waals surface area contributed by atoms with E-state index in [1.807, 2.05) is 31.2 Å². The number of rotatable bonds is 6. The van der Waals surface area contributed by atoms with Crippen molar-refractivity contribution < 1.29 is 9.53 Å². The highest BCUT2D eigenvalue weighted by molar-refractivity contribution is 5.77. The van der Waals surface area contributed by atoms with E-state index in [1.54, 1.807) is 0 Å². The summed E-state index contributed by atoms with van der Waals surface area (Å²) in [5, 5.41) is 2.93. The van der Waals surface area contributed by atoms with Crippen LogP contribution in [0.3, 0.4) is 0 Å². The Labute approximate surface area is 149 Å². The van der Waals surface area contributed by atoms with Gasteiger partial charge in [-0.2, -0.15) is 0 Å². The lowest BCUT2D eigenvalue weighted by Crippen LogP contribution is -2.30. The van der Waals surface area contributed by atoms with Crippen LogP contribution in [0.1, 0.15) is 23.1 Å². The SMILES string of the molecule is Cc1cccc(OCC(=O)NCCc2ccc3c(c2)CCCN3C)c1. The number of ether oxygens (including phenoxy) is 1. The minimum Gasteiger partial charge on any atom is -0.484 e. The van der Waals surface area contributed by atoms with E-state index in [4.69, 9.17) is 4.74 Å². The number of fused-ring (bicyclic) bond motifs is 1. The summed E-state index contributed by atoms with van der Waals surface area (Å²) in [6.45, 7) is 3.82. The summed E-state index contributed by atoms with van der Waals surface area (Å²) in [5.74, 6) is 0.646. The van der Waals surface area contributed by atoms with Gasteiger partial charge < -0.3 is 15.0 Å². The third-order valence-electron chi connectivity index (χ3n) is 4.59. The molecule has 1 heterocycles. The van der Waals surface area contributed by atoms with E-state index < -0.39 is 0 Å². The first-order valence-electron chi connectivity index (χ1n) is 8.91. The van der Waals surface area contributed by atoms with E-state index >= 15 is 0 Å². The fourth-order valence-electron chi connectivity index (χ4n) is 3.25. The zero-order valence-electron chi connectivity index (χ0n) is 15.0. The molecule has 0 radical (unpaired) electrons. The average molecular weight is 338 g/mol. The number of benzene rings is 2. The van der Waals surface area contributed by atoms with Gasteiger partial charge >= 0.3 is 0 Å². The van der Waals surface area contributed by atoms with Gasteiger partial charge in [-0.1, -0.05) is 24.3 Å². The van der Waals surface area contributed by atoms with E-state index in [0.717, 1.165) is 30.7 Å². The van der Waals surface area contributed by atoms with Crippen LogP contribution in [-0.4, -0.2) is 32.7 Å². The monoisotopic (exact) mass is 338 g/mol. The lowest BCUT2D eigenvalue weighted by atomic mass is 9.98. The van der Waals surface area contributed by atoms with Crippen molar-refractivity contribution in [2.24, 2.45) is 0 Å². The molecule has 0 fully saturated rings. The third-order valence-corrected chi connectivity index (χ3v) is 4.59. The molecule has 2 aromatic carbocycles. The van der Waals surface area contributed by atoms with Gasteiger partial charge in [-0.25, -0.2) is 0 Å². The van der Waals surface area contributed by atoms with Gasteiger partial charge in [0.15, 0.2) is 6.61 Å². The number of nitrogens with one attached hydrogen (secondary N) is 1. The molecule has 0 bridgehead atoms. The van der Waals surface area contributed by atoms with E-state index in [2.05, 4.69) is 35.5 Å². The van der Waals surface area contributed by atoms with Crippen molar-refractivity contribution in [2.45, 2.75) is 26.2 Å². The second-order valence-electron chi connectivity index (χ2n) is 6.69. The van der Waals surface area contributed by atoms with Crippen LogP contribution < -0.4 is 15.0 Å². The van der Waals surface area contributed by atoms with Crippen LogP contribution >= 0.6 is 0 Å². The van der Waals surface area contributed by atoms with Crippen molar-refractivity contribution in [3.63, 3.8) is 0 Å². The van der Waals surface area contributed by atoms with Gasteiger partial charge in [0.1, 0.15) is 5.75 Å². The molecule has 0 saturated heterocycles. The van der Waals surface area contributed by atoms with Crippen LogP contribution in [0, 0.1) is 6.92 Å². The Morgan fingerprint density at radius 3 is 2.96 bits per heavy atom. The Bertz CT molecular complexity index is 742. The van der Waals surface area contributed by atoms with Gasteiger partial charge in [-0.3, -0.25) is 4.79 Å². The Morgan fingerprint density at radius 2 is 2.12 bits per heavy atom. The first kappa shape index (κ1) is 17.3. The summed E-state index contributed by atoms with van der Waals surface area (Å²) < 4.78 is 5.52. The molecule has 1 aliphatic rings. The van der Waals surface area contributed by atoms with Gasteiger partial charge in [0.05, 0.1) is 0 Å². The molecule has 25 heavy (non-hydrogen) atoms. The minimum absolute atomic E-state index is 0.0540. The Balaban J connectivity index is 1.44. The maximum absolute atomic E-state index is 11.9. The lowest BCUT2D eigenvalue weighted by molar-refractivity contribution is -0.123. The standard InChI is InChI=1S/C21H26N2O2/c1-16-5-3-7-19(13-16)25-15-21(24)22-11-10-17-8-9-20-18(14-17)6-4-12-23(20)2/h3,5,7-9,13-14H,4,6,10-12,15H2,1-2H3,(H,22,24). The summed E-state index contributed by atoms with van der Waals surface area (Å²) in [6, 6.07) is 14.4. The summed E-state index contributed by atoms with van der Waals surface area (Å²) >= 11 is 0. The van der Waals surface area contributed by atoms with E-state index in [0.29, 0.717) is 6.54 Å². The van der Waals surface area contributed by atoms with Gasteiger partial charge in [0.25, 0.3) is 5.91 Å². The normalized spacial score (nSPS) is 13.3. The lowest BCUT2D eigenvalue weighted by Gasteiger charge is -2.27. The second-order valence-corrected chi connectivity index (χ2v) is 6.69. The molecule has 4 heteroatoms. The largest absolute Gasteiger partial charge is 0.484 e. The summed E-state index contributed by atoms with van der Waals surface area (Å²) in [4.78, 5) is 14.2. The Morgan fingerprint density at radius 1 is 1.24 bits per heavy atom. The fourth-order valence-corrected chi connectivity index (χ4v) is 3.25. The number of anilines is 1. The predicted molar refractivity (Wildman–Crippen MR) is 101 cm³/mol. The van der Waals surface area contributed by atoms with Crippen molar-refractivity contribution in [2.75, 3.05) is 31.6 Å². The number of hydrogen-bond acceptors (Lipinski definition) is 3. The number of carbonyl (C=O) groups excluding carboxylic acids is 1. The molecule has 2 aromatic rings. The van der Waals surface area contributed by atoms with E-state index in [9.17, 15) is 4.79 Å². The molecule has 1 N–H and O–H groups in total. The molecule has 1 aliphatic heterocycles. The van der Waals surface area contributed by atoms with Crippen molar-refractivity contribution in [1.29, 1.82) is 0 Å². The van der Waals surface area contributed by atoms with Crippen molar-refractivity contribution in [3.05, 3.63) is 59.2 Å².